The summed E-state index contributed by atoms with van der Waals surface area (Å²) in [4.78, 5) is 17.5. The standard InChI is InChI=1S/C13H10BrFN2O/c1-17(10-4-6-16-7-5-10)13(18)9-2-3-11(14)12(15)8-9/h2-8H,1H3. The molecule has 0 N–H and O–H groups in total. The van der Waals surface area contributed by atoms with Crippen molar-refractivity contribution in [2.75, 3.05) is 11.9 Å². The Labute approximate surface area is 112 Å². The van der Waals surface area contributed by atoms with Crippen LogP contribution in [0, 0.1) is 5.82 Å². The summed E-state index contributed by atoms with van der Waals surface area (Å²) < 4.78 is 13.7. The van der Waals surface area contributed by atoms with Crippen LogP contribution in [0.25, 0.3) is 0 Å². The fraction of sp³-hybridized carbons (Fsp3) is 0.0769. The predicted molar refractivity (Wildman–Crippen MR) is 71.1 cm³/mol. The van der Waals surface area contributed by atoms with Gasteiger partial charge in [-0.2, -0.15) is 0 Å². The van der Waals surface area contributed by atoms with E-state index < -0.39 is 5.82 Å². The molecule has 2 rings (SSSR count). The maximum atomic E-state index is 13.4. The van der Waals surface area contributed by atoms with Crippen LogP contribution < -0.4 is 4.90 Å². The molecule has 0 saturated carbocycles. The molecule has 18 heavy (non-hydrogen) atoms. The number of pyridine rings is 1. The second kappa shape index (κ2) is 5.27. The van der Waals surface area contributed by atoms with Crippen LogP contribution in [0.2, 0.25) is 0 Å². The van der Waals surface area contributed by atoms with Gasteiger partial charge in [0.1, 0.15) is 5.82 Å². The van der Waals surface area contributed by atoms with Crippen molar-refractivity contribution < 1.29 is 9.18 Å². The predicted octanol–water partition coefficient (Wildman–Crippen LogP) is 3.26. The third-order valence-corrected chi connectivity index (χ3v) is 3.16. The molecule has 0 bridgehead atoms. The Morgan fingerprint density at radius 2 is 1.94 bits per heavy atom. The molecule has 3 nitrogen and oxygen atoms in total. The summed E-state index contributed by atoms with van der Waals surface area (Å²) in [5, 5.41) is 0. The first-order chi connectivity index (χ1) is 8.59. The molecule has 2 aromatic rings. The van der Waals surface area contributed by atoms with Crippen LogP contribution in [0.1, 0.15) is 10.4 Å². The fourth-order valence-corrected chi connectivity index (χ4v) is 1.75. The van der Waals surface area contributed by atoms with Gasteiger partial charge in [0.15, 0.2) is 0 Å². The van der Waals surface area contributed by atoms with Crippen molar-refractivity contribution in [2.24, 2.45) is 0 Å². The minimum atomic E-state index is -0.455. The normalized spacial score (nSPS) is 10.2. The molecular formula is C13H10BrFN2O. The number of aromatic nitrogens is 1. The molecule has 0 aliphatic rings. The van der Waals surface area contributed by atoms with Gasteiger partial charge in [-0.25, -0.2) is 4.39 Å². The average molecular weight is 309 g/mol. The van der Waals surface area contributed by atoms with Crippen molar-refractivity contribution in [3.63, 3.8) is 0 Å². The van der Waals surface area contributed by atoms with Crippen LogP contribution in [0.3, 0.4) is 0 Å². The Hall–Kier alpha value is -1.75. The zero-order valence-corrected chi connectivity index (χ0v) is 11.2. The van der Waals surface area contributed by atoms with Crippen LogP contribution in [-0.4, -0.2) is 17.9 Å². The van der Waals surface area contributed by atoms with Crippen LogP contribution in [-0.2, 0) is 0 Å². The molecule has 0 aliphatic carbocycles. The molecule has 1 aromatic carbocycles. The Kier molecular flexibility index (Phi) is 3.72. The molecule has 0 aliphatic heterocycles. The smallest absolute Gasteiger partial charge is 0.258 e. The number of hydrogen-bond donors (Lipinski definition) is 0. The molecule has 0 fully saturated rings. The lowest BCUT2D eigenvalue weighted by Gasteiger charge is -2.17. The summed E-state index contributed by atoms with van der Waals surface area (Å²) in [7, 11) is 1.64. The lowest BCUT2D eigenvalue weighted by Crippen LogP contribution is -2.26. The van der Waals surface area contributed by atoms with E-state index in [1.807, 2.05) is 0 Å². The van der Waals surface area contributed by atoms with Crippen LogP contribution >= 0.6 is 15.9 Å². The summed E-state index contributed by atoms with van der Waals surface area (Å²) in [5.74, 6) is -0.725. The first kappa shape index (κ1) is 12.7. The molecule has 1 amide bonds. The van der Waals surface area contributed by atoms with Gasteiger partial charge < -0.3 is 4.90 Å². The van der Waals surface area contributed by atoms with Gasteiger partial charge in [0, 0.05) is 30.7 Å². The zero-order valence-electron chi connectivity index (χ0n) is 9.60. The quantitative estimate of drug-likeness (QED) is 0.853. The second-order valence-electron chi connectivity index (χ2n) is 3.70. The molecule has 1 heterocycles. The Balaban J connectivity index is 2.29. The molecule has 0 unspecified atom stereocenters. The average Bonchev–Trinajstić information content (AvgIpc) is 2.41. The highest BCUT2D eigenvalue weighted by atomic mass is 79.9. The number of nitrogens with zero attached hydrogens (tertiary/aromatic N) is 2. The number of rotatable bonds is 2. The summed E-state index contributed by atoms with van der Waals surface area (Å²) in [6.07, 6.45) is 3.20. The lowest BCUT2D eigenvalue weighted by atomic mass is 10.2. The summed E-state index contributed by atoms with van der Waals surface area (Å²) in [6.45, 7) is 0. The number of hydrogen-bond acceptors (Lipinski definition) is 2. The highest BCUT2D eigenvalue weighted by molar-refractivity contribution is 9.10. The Bertz CT molecular complexity index is 574. The number of halogens is 2. The molecule has 1 aromatic heterocycles. The van der Waals surface area contributed by atoms with Gasteiger partial charge in [-0.15, -0.1) is 0 Å². The third-order valence-electron chi connectivity index (χ3n) is 2.52. The molecule has 0 saturated heterocycles. The monoisotopic (exact) mass is 308 g/mol. The fourth-order valence-electron chi connectivity index (χ4n) is 1.51. The SMILES string of the molecule is CN(C(=O)c1ccc(Br)c(F)c1)c1ccncc1. The minimum Gasteiger partial charge on any atom is -0.311 e. The Morgan fingerprint density at radius 3 is 2.56 bits per heavy atom. The van der Waals surface area contributed by atoms with Gasteiger partial charge in [0.25, 0.3) is 5.91 Å². The van der Waals surface area contributed by atoms with E-state index in [1.54, 1.807) is 37.6 Å². The van der Waals surface area contributed by atoms with E-state index in [0.29, 0.717) is 15.7 Å². The maximum absolute atomic E-state index is 13.4. The van der Waals surface area contributed by atoms with Gasteiger partial charge in [-0.3, -0.25) is 9.78 Å². The number of carbonyl (C=O) groups excluding carboxylic acids is 1. The van der Waals surface area contributed by atoms with Crippen molar-refractivity contribution in [1.82, 2.24) is 4.98 Å². The van der Waals surface area contributed by atoms with Crippen molar-refractivity contribution >= 4 is 27.5 Å². The zero-order chi connectivity index (χ0) is 13.1. The van der Waals surface area contributed by atoms with E-state index in [2.05, 4.69) is 20.9 Å². The summed E-state index contributed by atoms with van der Waals surface area (Å²) in [6, 6.07) is 7.74. The first-order valence-corrected chi connectivity index (χ1v) is 6.02. The van der Waals surface area contributed by atoms with Gasteiger partial charge in [0.2, 0.25) is 0 Å². The van der Waals surface area contributed by atoms with E-state index in [4.69, 9.17) is 0 Å². The molecule has 0 atom stereocenters. The van der Waals surface area contributed by atoms with Gasteiger partial charge >= 0.3 is 0 Å². The number of carbonyl (C=O) groups is 1. The Morgan fingerprint density at radius 1 is 1.28 bits per heavy atom. The summed E-state index contributed by atoms with van der Waals surface area (Å²) in [5.41, 5.74) is 1.01. The number of amides is 1. The number of anilines is 1. The summed E-state index contributed by atoms with van der Waals surface area (Å²) >= 11 is 3.05. The third kappa shape index (κ3) is 2.56. The molecule has 0 radical (unpaired) electrons. The molecule has 92 valence electrons. The maximum Gasteiger partial charge on any atom is 0.258 e. The highest BCUT2D eigenvalue weighted by Crippen LogP contribution is 2.19. The molecular weight excluding hydrogens is 299 g/mol. The van der Waals surface area contributed by atoms with Crippen molar-refractivity contribution in [2.45, 2.75) is 0 Å². The van der Waals surface area contributed by atoms with E-state index in [-0.39, 0.29) is 5.91 Å². The van der Waals surface area contributed by atoms with E-state index in [0.717, 1.165) is 0 Å². The topological polar surface area (TPSA) is 33.2 Å². The molecule has 0 spiro atoms. The lowest BCUT2D eigenvalue weighted by molar-refractivity contribution is 0.0992. The van der Waals surface area contributed by atoms with Crippen LogP contribution in [0.5, 0.6) is 0 Å². The van der Waals surface area contributed by atoms with Crippen molar-refractivity contribution in [3.8, 4) is 0 Å². The first-order valence-electron chi connectivity index (χ1n) is 5.22. The largest absolute Gasteiger partial charge is 0.311 e. The van der Waals surface area contributed by atoms with Gasteiger partial charge in [0.05, 0.1) is 4.47 Å². The second-order valence-corrected chi connectivity index (χ2v) is 4.55. The number of benzene rings is 1. The minimum absolute atomic E-state index is 0.271. The van der Waals surface area contributed by atoms with E-state index >= 15 is 0 Å². The highest BCUT2D eigenvalue weighted by Gasteiger charge is 2.14. The van der Waals surface area contributed by atoms with Gasteiger partial charge in [-0.1, -0.05) is 0 Å². The van der Waals surface area contributed by atoms with Crippen LogP contribution in [0.15, 0.2) is 47.2 Å². The van der Waals surface area contributed by atoms with Crippen molar-refractivity contribution in [3.05, 3.63) is 58.6 Å². The van der Waals surface area contributed by atoms with Crippen molar-refractivity contribution in [1.29, 1.82) is 0 Å². The van der Waals surface area contributed by atoms with E-state index in [9.17, 15) is 9.18 Å². The van der Waals surface area contributed by atoms with Crippen LogP contribution in [0.4, 0.5) is 10.1 Å². The van der Waals surface area contributed by atoms with Gasteiger partial charge in [-0.05, 0) is 46.3 Å². The molecule has 5 heteroatoms. The van der Waals surface area contributed by atoms with E-state index in [1.165, 1.54) is 17.0 Å².